The topological polar surface area (TPSA) is 89.5 Å². The number of carbonyl (C=O) groups excluding carboxylic acids is 1. The van der Waals surface area contributed by atoms with E-state index in [1.54, 1.807) is 4.90 Å². The number of carbonyl (C=O) groups is 1. The molecule has 2 rings (SSSR count). The minimum atomic E-state index is -0.486. The van der Waals surface area contributed by atoms with E-state index in [1.807, 2.05) is 0 Å². The Morgan fingerprint density at radius 3 is 2.53 bits per heavy atom. The van der Waals surface area contributed by atoms with E-state index in [0.29, 0.717) is 18.7 Å². The van der Waals surface area contributed by atoms with Crippen LogP contribution in [0.5, 0.6) is 0 Å². The lowest BCUT2D eigenvalue weighted by atomic mass is 10.2. The summed E-state index contributed by atoms with van der Waals surface area (Å²) < 4.78 is 0. The molecule has 1 unspecified atom stereocenters. The number of rotatable bonds is 2. The molecule has 0 saturated carbocycles. The fourth-order valence-corrected chi connectivity index (χ4v) is 1.88. The first-order chi connectivity index (χ1) is 8.08. The molecule has 1 amide bonds. The van der Waals surface area contributed by atoms with Gasteiger partial charge in [0.05, 0.1) is 4.92 Å². The van der Waals surface area contributed by atoms with Gasteiger partial charge in [0.2, 0.25) is 0 Å². The Labute approximate surface area is 98.2 Å². The maximum Gasteiger partial charge on any atom is 0.269 e. The van der Waals surface area contributed by atoms with Gasteiger partial charge in [0.25, 0.3) is 11.6 Å². The quantitative estimate of drug-likeness (QED) is 0.605. The van der Waals surface area contributed by atoms with Gasteiger partial charge in [-0.25, -0.2) is 0 Å². The van der Waals surface area contributed by atoms with Crippen molar-refractivity contribution in [3.63, 3.8) is 0 Å². The monoisotopic (exact) mass is 235 g/mol. The number of nitro benzene ring substituents is 1. The number of nitrogens with two attached hydrogens (primary N) is 1. The van der Waals surface area contributed by atoms with Crippen LogP contribution < -0.4 is 5.73 Å². The molecule has 1 aromatic carbocycles. The maximum absolute atomic E-state index is 12.0. The molecular weight excluding hydrogens is 222 g/mol. The number of nitro groups is 1. The molecule has 0 aromatic heterocycles. The minimum absolute atomic E-state index is 0.0142. The van der Waals surface area contributed by atoms with Crippen molar-refractivity contribution in [3.8, 4) is 0 Å². The summed E-state index contributed by atoms with van der Waals surface area (Å²) in [6.45, 7) is 1.20. The van der Waals surface area contributed by atoms with Gasteiger partial charge in [0.15, 0.2) is 0 Å². The second-order valence-electron chi connectivity index (χ2n) is 4.10. The Balaban J connectivity index is 2.12. The standard InChI is InChI=1S/C11H13N3O3/c12-9-5-6-13(7-9)11(15)8-1-3-10(4-2-8)14(16)17/h1-4,9H,5-7,12H2. The van der Waals surface area contributed by atoms with E-state index in [2.05, 4.69) is 0 Å². The molecule has 0 radical (unpaired) electrons. The van der Waals surface area contributed by atoms with Crippen LogP contribution in [0.25, 0.3) is 0 Å². The third-order valence-corrected chi connectivity index (χ3v) is 2.84. The molecule has 17 heavy (non-hydrogen) atoms. The summed E-state index contributed by atoms with van der Waals surface area (Å²) in [7, 11) is 0. The van der Waals surface area contributed by atoms with E-state index in [9.17, 15) is 14.9 Å². The first-order valence-electron chi connectivity index (χ1n) is 5.37. The number of benzene rings is 1. The normalized spacial score (nSPS) is 19.4. The molecule has 0 aliphatic carbocycles. The van der Waals surface area contributed by atoms with Crippen molar-refractivity contribution in [3.05, 3.63) is 39.9 Å². The number of amides is 1. The van der Waals surface area contributed by atoms with Crippen LogP contribution in [-0.4, -0.2) is 34.9 Å². The zero-order chi connectivity index (χ0) is 12.4. The van der Waals surface area contributed by atoms with Gasteiger partial charge in [-0.05, 0) is 18.6 Å². The van der Waals surface area contributed by atoms with E-state index >= 15 is 0 Å². The highest BCUT2D eigenvalue weighted by atomic mass is 16.6. The largest absolute Gasteiger partial charge is 0.337 e. The summed E-state index contributed by atoms with van der Waals surface area (Å²) in [5.74, 6) is -0.118. The van der Waals surface area contributed by atoms with Crippen LogP contribution in [0.1, 0.15) is 16.8 Å². The molecule has 90 valence electrons. The Morgan fingerprint density at radius 2 is 2.06 bits per heavy atom. The van der Waals surface area contributed by atoms with Crippen LogP contribution in [0.4, 0.5) is 5.69 Å². The molecule has 1 saturated heterocycles. The SMILES string of the molecule is NC1CCN(C(=O)c2ccc([N+](=O)[O-])cc2)C1. The summed E-state index contributed by atoms with van der Waals surface area (Å²) >= 11 is 0. The van der Waals surface area contributed by atoms with Crippen LogP contribution in [0.2, 0.25) is 0 Å². The third kappa shape index (κ3) is 2.42. The summed E-state index contributed by atoms with van der Waals surface area (Å²) in [6.07, 6.45) is 0.804. The van der Waals surface area contributed by atoms with Crippen LogP contribution in [-0.2, 0) is 0 Å². The van der Waals surface area contributed by atoms with Crippen LogP contribution in [0, 0.1) is 10.1 Å². The average Bonchev–Trinajstić information content (AvgIpc) is 2.75. The lowest BCUT2D eigenvalue weighted by Gasteiger charge is -2.15. The summed E-state index contributed by atoms with van der Waals surface area (Å²) in [4.78, 5) is 23.6. The molecule has 0 bridgehead atoms. The van der Waals surface area contributed by atoms with Gasteiger partial charge in [-0.2, -0.15) is 0 Å². The molecule has 1 heterocycles. The van der Waals surface area contributed by atoms with Crippen molar-refractivity contribution < 1.29 is 9.72 Å². The molecule has 2 N–H and O–H groups in total. The third-order valence-electron chi connectivity index (χ3n) is 2.84. The van der Waals surface area contributed by atoms with Gasteiger partial charge in [0, 0.05) is 36.8 Å². The molecule has 0 spiro atoms. The predicted octanol–water partition coefficient (Wildman–Crippen LogP) is 0.768. The Kier molecular flexibility index (Phi) is 3.06. The van der Waals surface area contributed by atoms with Crippen molar-refractivity contribution >= 4 is 11.6 Å². The molecular formula is C11H13N3O3. The van der Waals surface area contributed by atoms with Gasteiger partial charge >= 0.3 is 0 Å². The second kappa shape index (κ2) is 4.50. The van der Waals surface area contributed by atoms with E-state index in [4.69, 9.17) is 5.73 Å². The number of non-ortho nitro benzene ring substituents is 1. The highest BCUT2D eigenvalue weighted by molar-refractivity contribution is 5.94. The zero-order valence-corrected chi connectivity index (χ0v) is 9.20. The Hall–Kier alpha value is -1.95. The smallest absolute Gasteiger partial charge is 0.269 e. The van der Waals surface area contributed by atoms with E-state index in [-0.39, 0.29) is 17.6 Å². The first kappa shape index (κ1) is 11.5. The van der Waals surface area contributed by atoms with Gasteiger partial charge in [-0.1, -0.05) is 0 Å². The van der Waals surface area contributed by atoms with Gasteiger partial charge in [-0.15, -0.1) is 0 Å². The molecule has 6 nitrogen and oxygen atoms in total. The number of nitrogens with zero attached hydrogens (tertiary/aromatic N) is 2. The average molecular weight is 235 g/mol. The van der Waals surface area contributed by atoms with Gasteiger partial charge in [-0.3, -0.25) is 14.9 Å². The Bertz CT molecular complexity index is 444. The van der Waals surface area contributed by atoms with Gasteiger partial charge in [0.1, 0.15) is 0 Å². The minimum Gasteiger partial charge on any atom is -0.337 e. The first-order valence-corrected chi connectivity index (χ1v) is 5.37. The molecule has 1 aliphatic heterocycles. The molecule has 1 fully saturated rings. The van der Waals surface area contributed by atoms with E-state index in [0.717, 1.165) is 6.42 Å². The molecule has 1 atom stereocenters. The molecule has 1 aliphatic rings. The summed E-state index contributed by atoms with van der Waals surface area (Å²) in [6, 6.07) is 5.66. The fraction of sp³-hybridized carbons (Fsp3) is 0.364. The highest BCUT2D eigenvalue weighted by Gasteiger charge is 2.24. The van der Waals surface area contributed by atoms with Crippen LogP contribution in [0.3, 0.4) is 0 Å². The fourth-order valence-electron chi connectivity index (χ4n) is 1.88. The van der Waals surface area contributed by atoms with Crippen molar-refractivity contribution in [2.24, 2.45) is 5.73 Å². The van der Waals surface area contributed by atoms with Crippen LogP contribution in [0.15, 0.2) is 24.3 Å². The molecule has 6 heteroatoms. The summed E-state index contributed by atoms with van der Waals surface area (Å²) in [5, 5.41) is 10.5. The Morgan fingerprint density at radius 1 is 1.41 bits per heavy atom. The van der Waals surface area contributed by atoms with E-state index < -0.39 is 4.92 Å². The zero-order valence-electron chi connectivity index (χ0n) is 9.20. The number of hydrogen-bond acceptors (Lipinski definition) is 4. The lowest BCUT2D eigenvalue weighted by Crippen LogP contribution is -2.31. The van der Waals surface area contributed by atoms with Crippen molar-refractivity contribution in [2.75, 3.05) is 13.1 Å². The van der Waals surface area contributed by atoms with Crippen molar-refractivity contribution in [2.45, 2.75) is 12.5 Å². The summed E-state index contributed by atoms with van der Waals surface area (Å²) in [5.41, 5.74) is 6.17. The van der Waals surface area contributed by atoms with E-state index in [1.165, 1.54) is 24.3 Å². The lowest BCUT2D eigenvalue weighted by molar-refractivity contribution is -0.384. The maximum atomic E-state index is 12.0. The number of hydrogen-bond donors (Lipinski definition) is 1. The van der Waals surface area contributed by atoms with Crippen molar-refractivity contribution in [1.29, 1.82) is 0 Å². The van der Waals surface area contributed by atoms with Gasteiger partial charge < -0.3 is 10.6 Å². The number of likely N-dealkylation sites (tertiary alicyclic amines) is 1. The second-order valence-corrected chi connectivity index (χ2v) is 4.10. The predicted molar refractivity (Wildman–Crippen MR) is 61.6 cm³/mol. The van der Waals surface area contributed by atoms with Crippen molar-refractivity contribution in [1.82, 2.24) is 4.90 Å². The highest BCUT2D eigenvalue weighted by Crippen LogP contribution is 2.16. The molecule has 1 aromatic rings. The van der Waals surface area contributed by atoms with Crippen LogP contribution >= 0.6 is 0 Å².